The largest absolute Gasteiger partial charge is 0.284 e. The smallest absolute Gasteiger partial charge is 0.0970 e. The molecule has 0 saturated carbocycles. The zero-order valence-electron chi connectivity index (χ0n) is 56.9. The van der Waals surface area contributed by atoms with Crippen LogP contribution >= 0.6 is 0 Å². The first-order valence-electron chi connectivity index (χ1n) is 35.5. The maximum absolute atomic E-state index is 5.52. The zero-order valence-corrected chi connectivity index (χ0v) is 56.9. The molecule has 486 valence electrons. The first-order chi connectivity index (χ1) is 50.9. The third-order valence-electron chi connectivity index (χ3n) is 21.1. The van der Waals surface area contributed by atoms with Gasteiger partial charge in [0.15, 0.2) is 0 Å². The number of aromatic nitrogens is 7. The molecule has 1 aliphatic heterocycles. The number of nitrogens with zero attached hydrogens (tertiary/aromatic N) is 8. The first kappa shape index (κ1) is 61.1. The van der Waals surface area contributed by atoms with Crippen molar-refractivity contribution in [3.8, 4) is 44.9 Å². The average Bonchev–Trinajstić information content (AvgIpc) is 0.741. The van der Waals surface area contributed by atoms with Gasteiger partial charge in [-0.05, 0) is 164 Å². The standard InChI is InChI=1S/C95H66N8/c1-4-6-18-57(3)80-52-64(37-41-73(80)83-56-100-89(75-24-11-9-22-71(75)83)61-35-29-58(30-36-61)68-42-43-72(76-26-14-48-97-92(68)76)82-54-66-19-13-47-96-90(66)94-79(82)28-16-49-98-94)86-46-40-67-53-81(78-27-15-50-99-95(78)91(67)102-86)62-38-44-85-63(51-62)39-45-84(101-85)59-31-33-60(34-32-59)87-55-65(17-5-2)88-74-23-10-7-20-69(74)70-21-8-12-25-77(70)93(88)103-87/h5-51,53-56,64,68,92H,3-4,52H2,1-2H3/b17-5-,18-6-. The van der Waals surface area contributed by atoms with Gasteiger partial charge in [-0.2, -0.15) is 0 Å². The lowest BCUT2D eigenvalue weighted by molar-refractivity contribution is 0.695. The highest BCUT2D eigenvalue weighted by molar-refractivity contribution is 6.26. The van der Waals surface area contributed by atoms with Gasteiger partial charge >= 0.3 is 0 Å². The first-order valence-corrected chi connectivity index (χ1v) is 35.5. The Balaban J connectivity index is 0.595. The molecule has 0 radical (unpaired) electrons. The summed E-state index contributed by atoms with van der Waals surface area (Å²) in [6.45, 7) is 8.96. The molecule has 8 heterocycles. The van der Waals surface area contributed by atoms with E-state index >= 15 is 0 Å². The summed E-state index contributed by atoms with van der Waals surface area (Å²) in [5.74, 6) is 0.0317. The molecule has 8 nitrogen and oxygen atoms in total. The van der Waals surface area contributed by atoms with Crippen LogP contribution in [-0.2, 0) is 0 Å². The van der Waals surface area contributed by atoms with Gasteiger partial charge in [-0.25, -0.2) is 15.0 Å². The second kappa shape index (κ2) is 25.3. The highest BCUT2D eigenvalue weighted by atomic mass is 14.8. The van der Waals surface area contributed by atoms with Gasteiger partial charge in [0.1, 0.15) is 0 Å². The molecule has 0 saturated heterocycles. The molecular formula is C95H66N8. The number of fused-ring (bicyclic) bond motifs is 15. The van der Waals surface area contributed by atoms with Gasteiger partial charge in [-0.3, -0.25) is 24.9 Å². The van der Waals surface area contributed by atoms with Crippen LogP contribution in [0.25, 0.3) is 160 Å². The Kier molecular flexibility index (Phi) is 15.0. The summed E-state index contributed by atoms with van der Waals surface area (Å²) in [6, 6.07) is 78.1. The minimum absolute atomic E-state index is 0.0114. The Hall–Kier alpha value is -13.0. The summed E-state index contributed by atoms with van der Waals surface area (Å²) in [5, 5.41) is 13.5. The second-order valence-electron chi connectivity index (χ2n) is 27.1. The molecule has 103 heavy (non-hydrogen) atoms. The van der Waals surface area contributed by atoms with Crippen molar-refractivity contribution in [3.05, 3.63) is 349 Å². The Labute approximate surface area is 596 Å². The van der Waals surface area contributed by atoms with Crippen LogP contribution in [0.3, 0.4) is 0 Å². The predicted molar refractivity (Wildman–Crippen MR) is 430 cm³/mol. The fourth-order valence-electron chi connectivity index (χ4n) is 16.2. The molecule has 2 aliphatic carbocycles. The summed E-state index contributed by atoms with van der Waals surface area (Å²) in [5.41, 5.74) is 24.8. The number of aliphatic imine (C=N–C) groups is 1. The molecule has 7 aromatic heterocycles. The van der Waals surface area contributed by atoms with E-state index in [0.717, 1.165) is 173 Å². The molecule has 9 aromatic carbocycles. The van der Waals surface area contributed by atoms with E-state index < -0.39 is 0 Å². The minimum Gasteiger partial charge on any atom is -0.284 e. The third kappa shape index (κ3) is 10.5. The van der Waals surface area contributed by atoms with Gasteiger partial charge in [0.05, 0.1) is 56.2 Å². The summed E-state index contributed by atoms with van der Waals surface area (Å²) in [6.07, 6.45) is 33.4. The fourth-order valence-corrected chi connectivity index (χ4v) is 16.2. The number of pyridine rings is 7. The Morgan fingerprint density at radius 3 is 1.93 bits per heavy atom. The number of dihydropyridines is 1. The monoisotopic (exact) mass is 1320 g/mol. The lowest BCUT2D eigenvalue weighted by Gasteiger charge is -2.30. The number of hydrogen-bond acceptors (Lipinski definition) is 8. The van der Waals surface area contributed by atoms with Crippen molar-refractivity contribution in [2.75, 3.05) is 0 Å². The van der Waals surface area contributed by atoms with Crippen molar-refractivity contribution in [1.29, 1.82) is 0 Å². The molecule has 19 rings (SSSR count). The van der Waals surface area contributed by atoms with Crippen LogP contribution in [-0.4, -0.2) is 47.1 Å². The molecule has 0 N–H and O–H groups in total. The van der Waals surface area contributed by atoms with Crippen molar-refractivity contribution < 1.29 is 0 Å². The quantitative estimate of drug-likeness (QED) is 0.0887. The molecule has 3 atom stereocenters. The van der Waals surface area contributed by atoms with Gasteiger partial charge in [0, 0.05) is 114 Å². The van der Waals surface area contributed by atoms with Crippen LogP contribution in [0.5, 0.6) is 0 Å². The molecule has 0 fully saturated rings. The summed E-state index contributed by atoms with van der Waals surface area (Å²) in [4.78, 5) is 41.2. The molecule has 16 aromatic rings. The van der Waals surface area contributed by atoms with Gasteiger partial charge in [0.25, 0.3) is 0 Å². The van der Waals surface area contributed by atoms with E-state index in [1.54, 1.807) is 0 Å². The number of hydrogen-bond donors (Lipinski definition) is 0. The maximum Gasteiger partial charge on any atom is 0.0970 e. The van der Waals surface area contributed by atoms with Crippen molar-refractivity contribution in [2.24, 2.45) is 4.99 Å². The minimum atomic E-state index is -0.0834. The molecule has 0 amide bonds. The van der Waals surface area contributed by atoms with E-state index in [2.05, 4.69) is 281 Å². The van der Waals surface area contributed by atoms with Crippen molar-refractivity contribution >= 4 is 121 Å². The van der Waals surface area contributed by atoms with Crippen molar-refractivity contribution in [2.45, 2.75) is 44.6 Å². The second-order valence-corrected chi connectivity index (χ2v) is 27.1. The van der Waals surface area contributed by atoms with E-state index in [9.17, 15) is 0 Å². The fraction of sp³-hybridized carbons (Fsp3) is 0.0737. The summed E-state index contributed by atoms with van der Waals surface area (Å²) >= 11 is 0. The lowest BCUT2D eigenvalue weighted by atomic mass is 9.77. The molecule has 0 spiro atoms. The van der Waals surface area contributed by atoms with Crippen molar-refractivity contribution in [1.82, 2.24) is 34.9 Å². The van der Waals surface area contributed by atoms with E-state index in [1.165, 1.54) is 38.3 Å². The number of allylic oxidation sites excluding steroid dienone is 11. The normalized spacial score (nSPS) is 16.1. The van der Waals surface area contributed by atoms with Gasteiger partial charge in [0.2, 0.25) is 0 Å². The molecule has 3 aliphatic rings. The average molecular weight is 1320 g/mol. The predicted octanol–water partition coefficient (Wildman–Crippen LogP) is 23.7. The Morgan fingerprint density at radius 2 is 1.14 bits per heavy atom. The van der Waals surface area contributed by atoms with Crippen LogP contribution in [0.15, 0.2) is 326 Å². The van der Waals surface area contributed by atoms with Gasteiger partial charge < -0.3 is 0 Å². The zero-order chi connectivity index (χ0) is 68.7. The SMILES string of the molecule is C=C(/C=C\CC)C1=C(c2cnc(-c3ccc(C4C=CC(c5cc6cccnc6c6ncccc56)=C5C=CC=NC54)cc3)c3ccccc23)C=CC(c2ccc3cc(-c4ccc5nc(-c6ccc(-c7cc(/C=C\C)c8c9ccccc9c9ccccc9c8n7)cc6)ccc5c4)c4cccnc4c3n2)C1. The van der Waals surface area contributed by atoms with Crippen LogP contribution in [0.2, 0.25) is 0 Å². The molecular weight excluding hydrogens is 1250 g/mol. The maximum atomic E-state index is 5.52. The number of benzene rings is 9. The van der Waals surface area contributed by atoms with Gasteiger partial charge in [-0.1, -0.05) is 226 Å². The highest BCUT2D eigenvalue weighted by Gasteiger charge is 2.31. The van der Waals surface area contributed by atoms with E-state index in [0.29, 0.717) is 0 Å². The Bertz CT molecular complexity index is 6540. The van der Waals surface area contributed by atoms with Crippen molar-refractivity contribution in [3.63, 3.8) is 0 Å². The summed E-state index contributed by atoms with van der Waals surface area (Å²) < 4.78 is 0. The van der Waals surface area contributed by atoms with E-state index in [4.69, 9.17) is 46.5 Å². The van der Waals surface area contributed by atoms with E-state index in [1.807, 2.05) is 43.0 Å². The molecule has 3 unspecified atom stereocenters. The third-order valence-corrected chi connectivity index (χ3v) is 21.1. The molecule has 8 heteroatoms. The van der Waals surface area contributed by atoms with Crippen LogP contribution in [0, 0.1) is 0 Å². The topological polar surface area (TPSA) is 103 Å². The molecule has 0 bridgehead atoms. The van der Waals surface area contributed by atoms with E-state index in [-0.39, 0.29) is 17.9 Å². The Morgan fingerprint density at radius 1 is 0.485 bits per heavy atom. The van der Waals surface area contributed by atoms with Gasteiger partial charge in [-0.15, -0.1) is 0 Å². The highest BCUT2D eigenvalue weighted by Crippen LogP contribution is 2.47. The van der Waals surface area contributed by atoms with Crippen LogP contribution in [0.4, 0.5) is 0 Å². The lowest BCUT2D eigenvalue weighted by Crippen LogP contribution is -2.23. The summed E-state index contributed by atoms with van der Waals surface area (Å²) in [7, 11) is 0. The number of rotatable bonds is 12. The van der Waals surface area contributed by atoms with Crippen LogP contribution in [0.1, 0.15) is 66.5 Å². The van der Waals surface area contributed by atoms with Crippen LogP contribution < -0.4 is 0 Å².